The summed E-state index contributed by atoms with van der Waals surface area (Å²) in [7, 11) is 0. The second-order valence-corrected chi connectivity index (χ2v) is 9.12. The van der Waals surface area contributed by atoms with E-state index in [-0.39, 0.29) is 37.6 Å². The van der Waals surface area contributed by atoms with Crippen LogP contribution in [0.2, 0.25) is 0 Å². The maximum absolute atomic E-state index is 12.9. The van der Waals surface area contributed by atoms with Crippen molar-refractivity contribution in [2.45, 2.75) is 38.6 Å². The number of rotatable bonds is 8. The van der Waals surface area contributed by atoms with Crippen molar-refractivity contribution in [2.24, 2.45) is 5.41 Å². The summed E-state index contributed by atoms with van der Waals surface area (Å²) in [5.41, 5.74) is 3.63. The standard InChI is InChI=1S/C25H28N2O5/c1-25(2,23(30)27(13-22(28)29)16-11-12-16)15-26-24(31)32-14-21-19-9-5-3-7-17(19)18-8-4-6-10-20(18)21/h3-10,16,21H,11-15H2,1-2H3,(H,26,31)(H,28,29). The molecule has 0 heterocycles. The molecule has 1 saturated carbocycles. The van der Waals surface area contributed by atoms with Gasteiger partial charge < -0.3 is 20.1 Å². The number of hydrogen-bond donors (Lipinski definition) is 2. The summed E-state index contributed by atoms with van der Waals surface area (Å²) in [6.45, 7) is 3.34. The first kappa shape index (κ1) is 21.9. The number of nitrogens with one attached hydrogen (secondary N) is 1. The van der Waals surface area contributed by atoms with Crippen LogP contribution in [0.1, 0.15) is 43.7 Å². The highest BCUT2D eigenvalue weighted by Crippen LogP contribution is 2.44. The largest absolute Gasteiger partial charge is 0.480 e. The second kappa shape index (κ2) is 8.65. The van der Waals surface area contributed by atoms with Gasteiger partial charge in [-0.1, -0.05) is 48.5 Å². The van der Waals surface area contributed by atoms with E-state index in [0.29, 0.717) is 0 Å². The average Bonchev–Trinajstić information content (AvgIpc) is 3.57. The predicted octanol–water partition coefficient (Wildman–Crippen LogP) is 3.63. The molecule has 0 aromatic heterocycles. The number of ether oxygens (including phenoxy) is 1. The van der Waals surface area contributed by atoms with Crippen LogP contribution in [0.15, 0.2) is 48.5 Å². The van der Waals surface area contributed by atoms with Gasteiger partial charge in [-0.15, -0.1) is 0 Å². The van der Waals surface area contributed by atoms with Crippen LogP contribution in [0, 0.1) is 5.41 Å². The van der Waals surface area contributed by atoms with Crippen molar-refractivity contribution in [3.63, 3.8) is 0 Å². The fourth-order valence-electron chi connectivity index (χ4n) is 4.31. The normalized spacial score (nSPS) is 14.9. The monoisotopic (exact) mass is 436 g/mol. The summed E-state index contributed by atoms with van der Waals surface area (Å²) < 4.78 is 5.53. The van der Waals surface area contributed by atoms with Crippen molar-refractivity contribution < 1.29 is 24.2 Å². The van der Waals surface area contributed by atoms with E-state index in [2.05, 4.69) is 29.6 Å². The lowest BCUT2D eigenvalue weighted by Gasteiger charge is -2.31. The van der Waals surface area contributed by atoms with E-state index in [1.807, 2.05) is 24.3 Å². The predicted molar refractivity (Wildman–Crippen MR) is 119 cm³/mol. The first-order valence-corrected chi connectivity index (χ1v) is 10.9. The van der Waals surface area contributed by atoms with Crippen LogP contribution in [-0.4, -0.2) is 53.7 Å². The topological polar surface area (TPSA) is 95.9 Å². The molecule has 2 N–H and O–H groups in total. The van der Waals surface area contributed by atoms with Gasteiger partial charge in [-0.05, 0) is 48.9 Å². The molecule has 1 fully saturated rings. The zero-order valence-electron chi connectivity index (χ0n) is 18.3. The lowest BCUT2D eigenvalue weighted by Crippen LogP contribution is -2.49. The van der Waals surface area contributed by atoms with Crippen molar-refractivity contribution >= 4 is 18.0 Å². The number of hydrogen-bond acceptors (Lipinski definition) is 4. The molecule has 2 aromatic rings. The molecule has 7 heteroatoms. The first-order valence-electron chi connectivity index (χ1n) is 10.9. The number of fused-ring (bicyclic) bond motifs is 3. The summed E-state index contributed by atoms with van der Waals surface area (Å²) in [5, 5.41) is 11.8. The summed E-state index contributed by atoms with van der Waals surface area (Å²) in [6.07, 6.45) is 1.04. The van der Waals surface area contributed by atoms with Crippen LogP contribution in [0.5, 0.6) is 0 Å². The Bertz CT molecular complexity index is 999. The number of benzene rings is 2. The second-order valence-electron chi connectivity index (χ2n) is 9.12. The summed E-state index contributed by atoms with van der Waals surface area (Å²) in [4.78, 5) is 37.9. The molecular weight excluding hydrogens is 408 g/mol. The van der Waals surface area contributed by atoms with Crippen molar-refractivity contribution in [2.75, 3.05) is 19.7 Å². The average molecular weight is 437 g/mol. The number of carbonyl (C=O) groups excluding carboxylic acids is 2. The lowest BCUT2D eigenvalue weighted by atomic mass is 9.91. The van der Waals surface area contributed by atoms with E-state index in [1.54, 1.807) is 13.8 Å². The summed E-state index contributed by atoms with van der Waals surface area (Å²) in [6, 6.07) is 16.2. The molecule has 0 spiro atoms. The molecule has 2 aromatic carbocycles. The molecule has 0 saturated heterocycles. The lowest BCUT2D eigenvalue weighted by molar-refractivity contribution is -0.149. The minimum atomic E-state index is -1.04. The molecule has 0 aliphatic heterocycles. The maximum Gasteiger partial charge on any atom is 0.407 e. The third-order valence-electron chi connectivity index (χ3n) is 6.15. The van der Waals surface area contributed by atoms with Crippen LogP contribution in [0.4, 0.5) is 4.79 Å². The van der Waals surface area contributed by atoms with Crippen LogP contribution >= 0.6 is 0 Å². The Morgan fingerprint density at radius 3 is 2.12 bits per heavy atom. The molecule has 2 aliphatic carbocycles. The van der Waals surface area contributed by atoms with Gasteiger partial charge in [0.15, 0.2) is 0 Å². The zero-order chi connectivity index (χ0) is 22.9. The molecular formula is C25H28N2O5. The number of carboxylic acid groups (broad SMARTS) is 1. The number of nitrogens with zero attached hydrogens (tertiary/aromatic N) is 1. The molecule has 0 atom stereocenters. The fraction of sp³-hybridized carbons (Fsp3) is 0.400. The third-order valence-corrected chi connectivity index (χ3v) is 6.15. The van der Waals surface area contributed by atoms with Gasteiger partial charge >= 0.3 is 12.1 Å². The van der Waals surface area contributed by atoms with Gasteiger partial charge in [0.1, 0.15) is 13.2 Å². The number of carbonyl (C=O) groups is 3. The summed E-state index contributed by atoms with van der Waals surface area (Å²) >= 11 is 0. The molecule has 7 nitrogen and oxygen atoms in total. The maximum atomic E-state index is 12.9. The van der Waals surface area contributed by atoms with Crippen molar-refractivity contribution in [3.8, 4) is 11.1 Å². The van der Waals surface area contributed by atoms with Crippen LogP contribution in [-0.2, 0) is 14.3 Å². The third kappa shape index (κ3) is 4.47. The van der Waals surface area contributed by atoms with Crippen molar-refractivity contribution in [1.82, 2.24) is 10.2 Å². The molecule has 0 unspecified atom stereocenters. The molecule has 0 radical (unpaired) electrons. The smallest absolute Gasteiger partial charge is 0.407 e. The van der Waals surface area contributed by atoms with Gasteiger partial charge in [-0.25, -0.2) is 4.79 Å². The van der Waals surface area contributed by atoms with E-state index in [0.717, 1.165) is 35.1 Å². The molecule has 4 rings (SSSR count). The van der Waals surface area contributed by atoms with Crippen molar-refractivity contribution in [1.29, 1.82) is 0 Å². The van der Waals surface area contributed by atoms with Gasteiger partial charge in [-0.3, -0.25) is 9.59 Å². The Hall–Kier alpha value is -3.35. The van der Waals surface area contributed by atoms with Crippen molar-refractivity contribution in [3.05, 3.63) is 59.7 Å². The molecule has 168 valence electrons. The Morgan fingerprint density at radius 1 is 1.03 bits per heavy atom. The Morgan fingerprint density at radius 2 is 1.59 bits per heavy atom. The van der Waals surface area contributed by atoms with Gasteiger partial charge in [0.25, 0.3) is 0 Å². The Labute approximate surface area is 187 Å². The minimum absolute atomic E-state index is 0.0210. The van der Waals surface area contributed by atoms with E-state index >= 15 is 0 Å². The van der Waals surface area contributed by atoms with E-state index < -0.39 is 17.5 Å². The van der Waals surface area contributed by atoms with E-state index in [1.165, 1.54) is 4.90 Å². The number of amides is 2. The molecule has 2 aliphatic rings. The molecule has 32 heavy (non-hydrogen) atoms. The van der Waals surface area contributed by atoms with Crippen LogP contribution < -0.4 is 5.32 Å². The first-order chi connectivity index (χ1) is 15.3. The van der Waals surface area contributed by atoms with E-state index in [9.17, 15) is 14.4 Å². The van der Waals surface area contributed by atoms with Crippen LogP contribution in [0.25, 0.3) is 11.1 Å². The number of alkyl carbamates (subject to hydrolysis) is 1. The number of carboxylic acids is 1. The highest BCUT2D eigenvalue weighted by Gasteiger charge is 2.40. The highest BCUT2D eigenvalue weighted by molar-refractivity contribution is 5.86. The fourth-order valence-corrected chi connectivity index (χ4v) is 4.31. The number of aliphatic carboxylic acids is 1. The SMILES string of the molecule is CC(C)(CNC(=O)OCC1c2ccccc2-c2ccccc21)C(=O)N(CC(=O)O)C1CC1. The zero-order valence-corrected chi connectivity index (χ0v) is 18.3. The van der Waals surface area contributed by atoms with Gasteiger partial charge in [0, 0.05) is 18.5 Å². The Kier molecular flexibility index (Phi) is 5.91. The van der Waals surface area contributed by atoms with Crippen LogP contribution in [0.3, 0.4) is 0 Å². The molecule has 2 amide bonds. The summed E-state index contributed by atoms with van der Waals surface area (Å²) in [5.74, 6) is -1.35. The molecule has 0 bridgehead atoms. The van der Waals surface area contributed by atoms with Gasteiger partial charge in [0.05, 0.1) is 5.41 Å². The Balaban J connectivity index is 1.35. The van der Waals surface area contributed by atoms with Gasteiger partial charge in [0.2, 0.25) is 5.91 Å². The highest BCUT2D eigenvalue weighted by atomic mass is 16.5. The minimum Gasteiger partial charge on any atom is -0.480 e. The van der Waals surface area contributed by atoms with Gasteiger partial charge in [-0.2, -0.15) is 0 Å². The van der Waals surface area contributed by atoms with E-state index in [4.69, 9.17) is 9.84 Å². The quantitative estimate of drug-likeness (QED) is 0.659.